The summed E-state index contributed by atoms with van der Waals surface area (Å²) >= 11 is 11.9. The number of anilines is 2. The lowest BCUT2D eigenvalue weighted by Crippen LogP contribution is -2.41. The van der Waals surface area contributed by atoms with Gasteiger partial charge in [-0.3, -0.25) is 13.9 Å². The quantitative estimate of drug-likeness (QED) is 0.386. The fourth-order valence-corrected chi connectivity index (χ4v) is 5.36. The lowest BCUT2D eigenvalue weighted by molar-refractivity contribution is 0.238. The molecule has 0 radical (unpaired) electrons. The van der Waals surface area contributed by atoms with E-state index in [1.807, 2.05) is 0 Å². The van der Waals surface area contributed by atoms with Crippen LogP contribution in [0.25, 0.3) is 0 Å². The van der Waals surface area contributed by atoms with Crippen LogP contribution in [0.3, 0.4) is 0 Å². The summed E-state index contributed by atoms with van der Waals surface area (Å²) in [6.45, 7) is 5.17. The van der Waals surface area contributed by atoms with Crippen LogP contribution in [-0.4, -0.2) is 27.1 Å². The predicted molar refractivity (Wildman–Crippen MR) is 132 cm³/mol. The molecule has 3 aromatic carbocycles. The molecule has 7 nitrogen and oxygen atoms in total. The van der Waals surface area contributed by atoms with Crippen molar-refractivity contribution in [1.29, 1.82) is 0 Å². The summed E-state index contributed by atoms with van der Waals surface area (Å²) in [6, 6.07) is 8.40. The minimum Gasteiger partial charge on any atom is -0.485 e. The van der Waals surface area contributed by atoms with Crippen molar-refractivity contribution < 1.29 is 17.5 Å². The maximum atomic E-state index is 14.8. The molecule has 0 aliphatic carbocycles. The largest absolute Gasteiger partial charge is 0.485 e. The molecule has 0 saturated carbocycles. The first-order valence-corrected chi connectivity index (χ1v) is 12.6. The smallest absolute Gasteiger partial charge is 0.272 e. The number of nitrogens with zero attached hydrogens (tertiary/aromatic N) is 1. The number of ether oxygens (including phenoxy) is 1. The van der Waals surface area contributed by atoms with Crippen LogP contribution in [-0.2, 0) is 10.0 Å². The van der Waals surface area contributed by atoms with Gasteiger partial charge in [0.1, 0.15) is 11.5 Å². The molecule has 0 aliphatic rings. The van der Waals surface area contributed by atoms with Gasteiger partial charge in [0, 0.05) is 22.6 Å². The molecule has 0 saturated heterocycles. The Morgan fingerprint density at radius 1 is 1.00 bits per heavy atom. The zero-order valence-corrected chi connectivity index (χ0v) is 21.0. The molecule has 0 heterocycles. The van der Waals surface area contributed by atoms with Crippen molar-refractivity contribution in [3.8, 4) is 5.75 Å². The fourth-order valence-electron chi connectivity index (χ4n) is 3.38. The monoisotopic (exact) mass is 528 g/mol. The van der Waals surface area contributed by atoms with Gasteiger partial charge in [-0.05, 0) is 69.7 Å². The number of rotatable bonds is 10. The van der Waals surface area contributed by atoms with Gasteiger partial charge in [0.15, 0.2) is 5.75 Å². The number of halogens is 3. The Hall–Kier alpha value is -2.62. The Balaban J connectivity index is 1.89. The number of benzene rings is 2. The van der Waals surface area contributed by atoms with E-state index in [-0.39, 0.29) is 46.1 Å². The second-order valence-electron chi connectivity index (χ2n) is 7.94. The summed E-state index contributed by atoms with van der Waals surface area (Å²) in [5.74, 6) is -0.809. The Morgan fingerprint density at radius 3 is 2.24 bits per heavy atom. The fraction of sp³-hybridized carbons (Fsp3) is 0.304. The second kappa shape index (κ2) is 10.3. The van der Waals surface area contributed by atoms with Crippen molar-refractivity contribution in [3.63, 3.8) is 0 Å². The first kappa shape index (κ1) is 26.0. The standard InChI is InChI=1S/C23H23Cl2FN2O5S/c1-13(2)33-23-20(21(29)22(23)30)27-11-10-14(3)28(19-12-16(25)6-9-18(19)26)34(31,32)17-7-4-15(24)5-8-17/h4-9,12-14,27H,10-11H2,1-3H3/t14-/m1/s1. The highest BCUT2D eigenvalue weighted by molar-refractivity contribution is 7.92. The third kappa shape index (κ3) is 5.37. The number of nitrogens with one attached hydrogen (secondary N) is 1. The first-order valence-electron chi connectivity index (χ1n) is 10.4. The van der Waals surface area contributed by atoms with Gasteiger partial charge in [-0.1, -0.05) is 23.2 Å². The molecule has 0 bridgehead atoms. The maximum Gasteiger partial charge on any atom is 0.272 e. The molecule has 0 aliphatic heterocycles. The molecule has 0 fully saturated rings. The normalized spacial score (nSPS) is 12.7. The van der Waals surface area contributed by atoms with Gasteiger partial charge < -0.3 is 10.1 Å². The molecule has 11 heteroatoms. The maximum absolute atomic E-state index is 14.8. The third-order valence-electron chi connectivity index (χ3n) is 5.00. The average molecular weight is 529 g/mol. The Kier molecular flexibility index (Phi) is 7.90. The van der Waals surface area contributed by atoms with Gasteiger partial charge in [0.2, 0.25) is 0 Å². The molecular formula is C23H23Cl2FN2O5S. The molecular weight excluding hydrogens is 506 g/mol. The molecule has 0 aromatic heterocycles. The minimum atomic E-state index is -4.21. The lowest BCUT2D eigenvalue weighted by Gasteiger charge is -2.31. The molecule has 0 unspecified atom stereocenters. The Morgan fingerprint density at radius 2 is 1.62 bits per heavy atom. The lowest BCUT2D eigenvalue weighted by atomic mass is 10.2. The summed E-state index contributed by atoms with van der Waals surface area (Å²) in [5.41, 5.74) is -1.58. The Labute approximate surface area is 206 Å². The molecule has 34 heavy (non-hydrogen) atoms. The highest BCUT2D eigenvalue weighted by atomic mass is 35.5. The zero-order chi connectivity index (χ0) is 25.2. The van der Waals surface area contributed by atoms with Crippen molar-refractivity contribution in [2.24, 2.45) is 0 Å². The van der Waals surface area contributed by atoms with E-state index in [1.54, 1.807) is 20.8 Å². The van der Waals surface area contributed by atoms with E-state index in [2.05, 4.69) is 5.32 Å². The van der Waals surface area contributed by atoms with E-state index in [0.717, 1.165) is 10.4 Å². The van der Waals surface area contributed by atoms with Crippen LogP contribution in [0.15, 0.2) is 56.9 Å². The summed E-state index contributed by atoms with van der Waals surface area (Å²) in [4.78, 5) is 23.6. The minimum absolute atomic E-state index is 0.0424. The number of hydrogen-bond acceptors (Lipinski definition) is 6. The molecule has 1 N–H and O–H groups in total. The van der Waals surface area contributed by atoms with Crippen molar-refractivity contribution in [2.75, 3.05) is 16.2 Å². The van der Waals surface area contributed by atoms with E-state index < -0.39 is 32.7 Å². The van der Waals surface area contributed by atoms with Gasteiger partial charge in [0.05, 0.1) is 16.7 Å². The van der Waals surface area contributed by atoms with Gasteiger partial charge in [-0.25, -0.2) is 12.8 Å². The van der Waals surface area contributed by atoms with Crippen LogP contribution < -0.4 is 25.2 Å². The third-order valence-corrected chi connectivity index (χ3v) is 7.43. The average Bonchev–Trinajstić information content (AvgIpc) is 2.77. The van der Waals surface area contributed by atoms with E-state index in [4.69, 9.17) is 27.9 Å². The van der Waals surface area contributed by atoms with Gasteiger partial charge >= 0.3 is 0 Å². The van der Waals surface area contributed by atoms with E-state index >= 15 is 0 Å². The van der Waals surface area contributed by atoms with E-state index in [1.165, 1.54) is 36.4 Å². The van der Waals surface area contributed by atoms with Gasteiger partial charge in [-0.2, -0.15) is 0 Å². The Bertz CT molecular complexity index is 1350. The van der Waals surface area contributed by atoms with Crippen molar-refractivity contribution in [2.45, 2.75) is 44.2 Å². The SMILES string of the molecule is CC(C)Oc1c(NCC[C@@H](C)N(c2cc(Cl)ccc2F)S(=O)(=O)c2ccc(Cl)cc2)c(=O)c1=O. The highest BCUT2D eigenvalue weighted by Crippen LogP contribution is 2.32. The topological polar surface area (TPSA) is 92.8 Å². The summed E-state index contributed by atoms with van der Waals surface area (Å²) in [6.07, 6.45) is -0.132. The van der Waals surface area contributed by atoms with Crippen LogP contribution in [0.4, 0.5) is 15.8 Å². The highest BCUT2D eigenvalue weighted by Gasteiger charge is 2.32. The molecule has 0 amide bonds. The zero-order valence-electron chi connectivity index (χ0n) is 18.6. The van der Waals surface area contributed by atoms with E-state index in [0.29, 0.717) is 5.02 Å². The number of hydrogen-bond donors (Lipinski definition) is 1. The van der Waals surface area contributed by atoms with Gasteiger partial charge in [-0.15, -0.1) is 0 Å². The summed E-state index contributed by atoms with van der Waals surface area (Å²) in [5, 5.41) is 3.36. The second-order valence-corrected chi connectivity index (χ2v) is 10.6. The van der Waals surface area contributed by atoms with E-state index in [9.17, 15) is 22.4 Å². The molecule has 182 valence electrons. The molecule has 0 spiro atoms. The van der Waals surface area contributed by atoms with Crippen LogP contribution in [0, 0.1) is 5.82 Å². The van der Waals surface area contributed by atoms with Crippen LogP contribution >= 0.6 is 23.2 Å². The van der Waals surface area contributed by atoms with Crippen molar-refractivity contribution >= 4 is 44.6 Å². The van der Waals surface area contributed by atoms with Gasteiger partial charge in [0.25, 0.3) is 20.9 Å². The molecule has 3 aromatic rings. The van der Waals surface area contributed by atoms with Crippen molar-refractivity contribution in [3.05, 3.63) is 78.8 Å². The molecule has 1 atom stereocenters. The predicted octanol–water partition coefficient (Wildman–Crippen LogP) is 4.60. The van der Waals surface area contributed by atoms with Crippen LogP contribution in [0.2, 0.25) is 10.0 Å². The van der Waals surface area contributed by atoms with Crippen molar-refractivity contribution in [1.82, 2.24) is 0 Å². The summed E-state index contributed by atoms with van der Waals surface area (Å²) in [7, 11) is -4.21. The number of sulfonamides is 1. The molecule has 3 rings (SSSR count). The first-order chi connectivity index (χ1) is 15.9. The summed E-state index contributed by atoms with van der Waals surface area (Å²) < 4.78 is 48.1. The van der Waals surface area contributed by atoms with Crippen LogP contribution in [0.1, 0.15) is 27.2 Å². The van der Waals surface area contributed by atoms with Crippen LogP contribution in [0.5, 0.6) is 5.75 Å².